The Hall–Kier alpha value is -2.90. The molecule has 6 amide bonds. The largest absolute Gasteiger partial charge is 0.325 e. The Morgan fingerprint density at radius 3 is 1.44 bits per heavy atom. The minimum absolute atomic E-state index is 0.125. The Balaban J connectivity index is 1.26. The van der Waals surface area contributed by atoms with E-state index in [1.807, 2.05) is 38.1 Å². The highest BCUT2D eigenvalue weighted by molar-refractivity contribution is 6.08. The maximum absolute atomic E-state index is 13.2. The minimum Gasteiger partial charge on any atom is -0.323 e. The molecule has 8 heteroatoms. The molecule has 5 rings (SSSR count). The Morgan fingerprint density at radius 1 is 0.706 bits per heavy atom. The molecule has 2 spiro atoms. The second kappa shape index (κ2) is 8.40. The van der Waals surface area contributed by atoms with Crippen molar-refractivity contribution in [3.63, 3.8) is 0 Å². The van der Waals surface area contributed by atoms with E-state index in [1.54, 1.807) is 0 Å². The number of carbonyl (C=O) groups excluding carboxylic acids is 4. The average Bonchev–Trinajstić information content (AvgIpc) is 3.20. The van der Waals surface area contributed by atoms with Crippen LogP contribution in [0.3, 0.4) is 0 Å². The molecule has 4 fully saturated rings. The van der Waals surface area contributed by atoms with E-state index in [0.29, 0.717) is 12.8 Å². The number of carbonyl (C=O) groups is 4. The molecule has 182 valence electrons. The average molecular weight is 467 g/mol. The topological polar surface area (TPSA) is 98.8 Å². The predicted octanol–water partition coefficient (Wildman–Crippen LogP) is 3.69. The van der Waals surface area contributed by atoms with Crippen molar-refractivity contribution in [3.8, 4) is 0 Å². The van der Waals surface area contributed by atoms with Gasteiger partial charge in [0, 0.05) is 0 Å². The van der Waals surface area contributed by atoms with Crippen molar-refractivity contribution in [1.82, 2.24) is 20.4 Å². The fourth-order valence-corrected chi connectivity index (χ4v) is 6.39. The quantitative estimate of drug-likeness (QED) is 0.661. The first-order valence-electron chi connectivity index (χ1n) is 12.6. The highest BCUT2D eigenvalue weighted by Gasteiger charge is 2.55. The second-order valence-corrected chi connectivity index (χ2v) is 10.7. The molecule has 4 atom stereocenters. The zero-order valence-corrected chi connectivity index (χ0v) is 20.1. The Morgan fingerprint density at radius 2 is 1.09 bits per heavy atom. The number of hydrogen-bond donors (Lipinski definition) is 2. The maximum atomic E-state index is 13.2. The van der Waals surface area contributed by atoms with Gasteiger partial charge in [-0.2, -0.15) is 0 Å². The molecule has 1 aromatic carbocycles. The molecule has 2 saturated carbocycles. The fraction of sp³-hybridized carbons (Fsp3) is 0.615. The van der Waals surface area contributed by atoms with Crippen molar-refractivity contribution in [1.29, 1.82) is 0 Å². The van der Waals surface area contributed by atoms with Gasteiger partial charge in [0.2, 0.25) is 0 Å². The first-order chi connectivity index (χ1) is 16.3. The van der Waals surface area contributed by atoms with E-state index in [9.17, 15) is 19.2 Å². The van der Waals surface area contributed by atoms with Crippen molar-refractivity contribution in [2.75, 3.05) is 0 Å². The van der Waals surface area contributed by atoms with E-state index in [0.717, 1.165) is 49.7 Å². The standard InChI is InChI=1S/C26H34N4O4/c1-17-7-3-5-13-25(17)21(31)29(23(33)27-25)15-19-9-11-20(12-10-19)16-30-22(32)26(28-24(30)34)14-6-4-8-18(26)2/h9-12,17-18H,3-8,13-16H2,1-2H3,(H,27,33)(H,28,34)/t17-,18+,25+,26-. The molecule has 0 bridgehead atoms. The summed E-state index contributed by atoms with van der Waals surface area (Å²) in [5.74, 6) is 0.00816. The normalized spacial score (nSPS) is 33.7. The van der Waals surface area contributed by atoms with Crippen LogP contribution in [-0.4, -0.2) is 44.8 Å². The van der Waals surface area contributed by atoms with Crippen LogP contribution in [-0.2, 0) is 22.7 Å². The summed E-state index contributed by atoms with van der Waals surface area (Å²) in [5, 5.41) is 5.98. The van der Waals surface area contributed by atoms with E-state index >= 15 is 0 Å². The number of urea groups is 2. The van der Waals surface area contributed by atoms with Crippen LogP contribution in [0.1, 0.15) is 76.3 Å². The molecule has 0 radical (unpaired) electrons. The zero-order valence-electron chi connectivity index (χ0n) is 20.1. The summed E-state index contributed by atoms with van der Waals surface area (Å²) in [6.45, 7) is 4.51. The lowest BCUT2D eigenvalue weighted by Gasteiger charge is -2.36. The van der Waals surface area contributed by atoms with Gasteiger partial charge in [0.1, 0.15) is 11.1 Å². The van der Waals surface area contributed by atoms with E-state index in [1.165, 1.54) is 9.80 Å². The number of benzene rings is 1. The number of rotatable bonds is 4. The molecule has 2 saturated heterocycles. The zero-order chi connectivity index (χ0) is 24.1. The Kier molecular flexibility index (Phi) is 5.65. The van der Waals surface area contributed by atoms with Gasteiger partial charge in [-0.15, -0.1) is 0 Å². The van der Waals surface area contributed by atoms with E-state index in [-0.39, 0.29) is 48.8 Å². The van der Waals surface area contributed by atoms with Gasteiger partial charge in [-0.25, -0.2) is 9.59 Å². The second-order valence-electron chi connectivity index (χ2n) is 10.7. The van der Waals surface area contributed by atoms with Crippen molar-refractivity contribution in [2.24, 2.45) is 11.8 Å². The highest BCUT2D eigenvalue weighted by atomic mass is 16.2. The van der Waals surface area contributed by atoms with Gasteiger partial charge in [-0.1, -0.05) is 63.8 Å². The molecule has 2 N–H and O–H groups in total. The van der Waals surface area contributed by atoms with E-state index < -0.39 is 11.1 Å². The Labute approximate surface area is 200 Å². The van der Waals surface area contributed by atoms with E-state index in [4.69, 9.17) is 0 Å². The number of imide groups is 2. The van der Waals surface area contributed by atoms with Gasteiger partial charge in [-0.05, 0) is 48.6 Å². The molecule has 4 aliphatic rings. The van der Waals surface area contributed by atoms with Gasteiger partial charge in [-0.3, -0.25) is 19.4 Å². The SMILES string of the molecule is C[C@@H]1CCCC[C@]12NC(=O)N(Cc1ccc(CN3C(=O)N[C@@]4(CCCC[C@@H]4C)C3=O)cc1)C2=O. The van der Waals surface area contributed by atoms with Crippen LogP contribution in [0.25, 0.3) is 0 Å². The maximum Gasteiger partial charge on any atom is 0.325 e. The molecule has 2 aliphatic carbocycles. The third-order valence-electron chi connectivity index (χ3n) is 8.71. The number of hydrogen-bond acceptors (Lipinski definition) is 4. The monoisotopic (exact) mass is 466 g/mol. The summed E-state index contributed by atoms with van der Waals surface area (Å²) >= 11 is 0. The lowest BCUT2D eigenvalue weighted by molar-refractivity contribution is -0.135. The minimum atomic E-state index is -0.759. The summed E-state index contributed by atoms with van der Waals surface area (Å²) in [7, 11) is 0. The summed E-state index contributed by atoms with van der Waals surface area (Å²) in [4.78, 5) is 54.4. The molecule has 0 aromatic heterocycles. The third-order valence-corrected chi connectivity index (χ3v) is 8.71. The van der Waals surface area contributed by atoms with Gasteiger partial charge < -0.3 is 10.6 Å². The summed E-state index contributed by atoms with van der Waals surface area (Å²) in [6, 6.07) is 6.81. The third kappa shape index (κ3) is 3.49. The number of nitrogens with one attached hydrogen (secondary N) is 2. The molecule has 2 heterocycles. The van der Waals surface area contributed by atoms with Crippen LogP contribution in [0.15, 0.2) is 24.3 Å². The van der Waals surface area contributed by atoms with Crippen molar-refractivity contribution >= 4 is 23.9 Å². The Bertz CT molecular complexity index is 943. The van der Waals surface area contributed by atoms with Crippen molar-refractivity contribution in [2.45, 2.75) is 89.4 Å². The number of amides is 6. The van der Waals surface area contributed by atoms with Crippen LogP contribution in [0, 0.1) is 11.8 Å². The van der Waals surface area contributed by atoms with Gasteiger partial charge in [0.05, 0.1) is 13.1 Å². The molecule has 34 heavy (non-hydrogen) atoms. The fourth-order valence-electron chi connectivity index (χ4n) is 6.39. The van der Waals surface area contributed by atoms with Crippen LogP contribution >= 0.6 is 0 Å². The van der Waals surface area contributed by atoms with Crippen LogP contribution < -0.4 is 10.6 Å². The van der Waals surface area contributed by atoms with Crippen LogP contribution in [0.5, 0.6) is 0 Å². The molecule has 0 unspecified atom stereocenters. The molecule has 8 nitrogen and oxygen atoms in total. The van der Waals surface area contributed by atoms with Crippen LogP contribution in [0.2, 0.25) is 0 Å². The van der Waals surface area contributed by atoms with E-state index in [2.05, 4.69) is 10.6 Å². The summed E-state index contributed by atoms with van der Waals surface area (Å²) in [6.07, 6.45) is 7.34. The van der Waals surface area contributed by atoms with Gasteiger partial charge >= 0.3 is 12.1 Å². The molecule has 1 aromatic rings. The number of nitrogens with zero attached hydrogens (tertiary/aromatic N) is 2. The molecular formula is C26H34N4O4. The first kappa shape index (κ1) is 22.9. The van der Waals surface area contributed by atoms with Gasteiger partial charge in [0.25, 0.3) is 11.8 Å². The summed E-state index contributed by atoms with van der Waals surface area (Å²) in [5.41, 5.74) is 0.153. The van der Waals surface area contributed by atoms with Crippen LogP contribution in [0.4, 0.5) is 9.59 Å². The molecule has 2 aliphatic heterocycles. The smallest absolute Gasteiger partial charge is 0.323 e. The highest BCUT2D eigenvalue weighted by Crippen LogP contribution is 2.40. The predicted molar refractivity (Wildman–Crippen MR) is 125 cm³/mol. The lowest BCUT2D eigenvalue weighted by atomic mass is 9.73. The van der Waals surface area contributed by atoms with Gasteiger partial charge in [0.15, 0.2) is 0 Å². The van der Waals surface area contributed by atoms with Crippen molar-refractivity contribution in [3.05, 3.63) is 35.4 Å². The molecular weight excluding hydrogens is 432 g/mol. The van der Waals surface area contributed by atoms with Crippen molar-refractivity contribution < 1.29 is 19.2 Å². The summed E-state index contributed by atoms with van der Waals surface area (Å²) < 4.78 is 0. The lowest BCUT2D eigenvalue weighted by Crippen LogP contribution is -2.53. The first-order valence-corrected chi connectivity index (χ1v) is 12.6.